The Balaban J connectivity index is 1.42. The van der Waals surface area contributed by atoms with Crippen LogP contribution in [0.2, 0.25) is 0 Å². The summed E-state index contributed by atoms with van der Waals surface area (Å²) in [5.74, 6) is -1.15. The van der Waals surface area contributed by atoms with Crippen molar-refractivity contribution < 1.29 is 14.7 Å². The number of amides is 1. The topological polar surface area (TPSA) is 84.2 Å². The minimum absolute atomic E-state index is 0.180. The second kappa shape index (κ2) is 8.83. The van der Waals surface area contributed by atoms with Gasteiger partial charge >= 0.3 is 5.97 Å². The lowest BCUT2D eigenvalue weighted by Gasteiger charge is -2.16. The number of rotatable bonds is 6. The van der Waals surface area contributed by atoms with E-state index >= 15 is 0 Å². The molecule has 0 bridgehead atoms. The van der Waals surface area contributed by atoms with Crippen molar-refractivity contribution in [3.63, 3.8) is 0 Å². The molecule has 5 rings (SSSR count). The summed E-state index contributed by atoms with van der Waals surface area (Å²) >= 11 is 0. The summed E-state index contributed by atoms with van der Waals surface area (Å²) in [5, 5.41) is 14.2. The molecule has 1 atom stereocenters. The third-order valence-corrected chi connectivity index (χ3v) is 6.06. The summed E-state index contributed by atoms with van der Waals surface area (Å²) in [5.41, 5.74) is 4.56. The Hall–Kier alpha value is -4.45. The molecule has 0 aliphatic rings. The summed E-state index contributed by atoms with van der Waals surface area (Å²) in [7, 11) is 0. The fourth-order valence-electron chi connectivity index (χ4n) is 4.26. The fourth-order valence-corrected chi connectivity index (χ4v) is 4.26. The highest BCUT2D eigenvalue weighted by Crippen LogP contribution is 2.24. The van der Waals surface area contributed by atoms with Crippen molar-refractivity contribution >= 4 is 33.7 Å². The van der Waals surface area contributed by atoms with Crippen LogP contribution in [0.1, 0.15) is 44.8 Å². The summed E-state index contributed by atoms with van der Waals surface area (Å²) in [6.07, 6.45) is 3.79. The third-order valence-electron chi connectivity index (χ3n) is 6.06. The van der Waals surface area contributed by atoms with E-state index in [0.717, 1.165) is 32.9 Å². The standard InChI is InChI=1S/C28H23N3O3/c1-18(20-9-11-23(12-10-20)28(33)34)30-27(32)24-6-2-4-22-13-15-31(26(22)24)17-19-7-8-21-5-3-14-29-25(21)16-19/h2-16,18H,17H2,1H3,(H,30,32)(H,33,34)/t18-/m0/s1. The third kappa shape index (κ3) is 4.13. The van der Waals surface area contributed by atoms with Crippen LogP contribution in [-0.4, -0.2) is 26.5 Å². The van der Waals surface area contributed by atoms with E-state index in [4.69, 9.17) is 5.11 Å². The highest BCUT2D eigenvalue weighted by Gasteiger charge is 2.17. The van der Waals surface area contributed by atoms with E-state index < -0.39 is 5.97 Å². The number of carboxylic acid groups (broad SMARTS) is 1. The molecule has 0 saturated heterocycles. The SMILES string of the molecule is C[C@H](NC(=O)c1cccc2ccn(Cc3ccc4cccnc4c3)c12)c1ccc(C(=O)O)cc1. The molecule has 34 heavy (non-hydrogen) atoms. The van der Waals surface area contributed by atoms with E-state index in [-0.39, 0.29) is 17.5 Å². The Morgan fingerprint density at radius 3 is 2.56 bits per heavy atom. The average molecular weight is 450 g/mol. The molecule has 6 heteroatoms. The van der Waals surface area contributed by atoms with Crippen LogP contribution in [0, 0.1) is 0 Å². The maximum atomic E-state index is 13.3. The Morgan fingerprint density at radius 2 is 1.76 bits per heavy atom. The number of aromatic carboxylic acids is 1. The van der Waals surface area contributed by atoms with Gasteiger partial charge in [-0.25, -0.2) is 4.79 Å². The smallest absolute Gasteiger partial charge is 0.335 e. The molecule has 1 amide bonds. The number of fused-ring (bicyclic) bond motifs is 2. The lowest BCUT2D eigenvalue weighted by molar-refractivity contribution is 0.0696. The number of nitrogens with one attached hydrogen (secondary N) is 1. The van der Waals surface area contributed by atoms with Crippen molar-refractivity contribution in [2.24, 2.45) is 0 Å². The Kier molecular flexibility index (Phi) is 5.55. The lowest BCUT2D eigenvalue weighted by atomic mass is 10.0. The largest absolute Gasteiger partial charge is 0.478 e. The number of carbonyl (C=O) groups excluding carboxylic acids is 1. The van der Waals surface area contributed by atoms with Crippen LogP contribution >= 0.6 is 0 Å². The first-order chi connectivity index (χ1) is 16.5. The van der Waals surface area contributed by atoms with E-state index in [2.05, 4.69) is 33.1 Å². The molecule has 2 aromatic heterocycles. The molecular weight excluding hydrogens is 426 g/mol. The number of aromatic nitrogens is 2. The zero-order chi connectivity index (χ0) is 23.7. The van der Waals surface area contributed by atoms with Crippen molar-refractivity contribution in [2.45, 2.75) is 19.5 Å². The number of hydrogen-bond acceptors (Lipinski definition) is 3. The second-order valence-electron chi connectivity index (χ2n) is 8.34. The lowest BCUT2D eigenvalue weighted by Crippen LogP contribution is -2.27. The van der Waals surface area contributed by atoms with Gasteiger partial charge in [-0.3, -0.25) is 9.78 Å². The molecule has 0 saturated carbocycles. The molecule has 2 heterocycles. The van der Waals surface area contributed by atoms with Crippen LogP contribution in [0.25, 0.3) is 21.8 Å². The van der Waals surface area contributed by atoms with Crippen LogP contribution in [0.4, 0.5) is 0 Å². The van der Waals surface area contributed by atoms with Gasteiger partial charge in [0.25, 0.3) is 5.91 Å². The summed E-state index contributed by atoms with van der Waals surface area (Å²) in [6.45, 7) is 2.50. The summed E-state index contributed by atoms with van der Waals surface area (Å²) in [4.78, 5) is 28.8. The number of carboxylic acids is 1. The van der Waals surface area contributed by atoms with E-state index in [9.17, 15) is 9.59 Å². The van der Waals surface area contributed by atoms with Gasteiger partial charge in [-0.05, 0) is 54.4 Å². The van der Waals surface area contributed by atoms with Gasteiger partial charge < -0.3 is 15.0 Å². The van der Waals surface area contributed by atoms with Gasteiger partial charge in [0.2, 0.25) is 0 Å². The zero-order valence-electron chi connectivity index (χ0n) is 18.6. The van der Waals surface area contributed by atoms with Crippen molar-refractivity contribution in [2.75, 3.05) is 0 Å². The van der Waals surface area contributed by atoms with Gasteiger partial charge in [0.15, 0.2) is 0 Å². The highest BCUT2D eigenvalue weighted by atomic mass is 16.4. The quantitative estimate of drug-likeness (QED) is 0.362. The van der Waals surface area contributed by atoms with Crippen LogP contribution in [0.15, 0.2) is 91.3 Å². The first-order valence-electron chi connectivity index (χ1n) is 11.1. The number of carbonyl (C=O) groups is 2. The molecule has 0 aliphatic heterocycles. The maximum absolute atomic E-state index is 13.3. The zero-order valence-corrected chi connectivity index (χ0v) is 18.6. The first kappa shape index (κ1) is 21.4. The molecule has 0 fully saturated rings. The Morgan fingerprint density at radius 1 is 0.971 bits per heavy atom. The van der Waals surface area contributed by atoms with E-state index in [0.29, 0.717) is 12.1 Å². The van der Waals surface area contributed by atoms with Crippen molar-refractivity contribution in [1.29, 1.82) is 0 Å². The summed E-state index contributed by atoms with van der Waals surface area (Å²) < 4.78 is 2.08. The molecule has 168 valence electrons. The molecule has 6 nitrogen and oxygen atoms in total. The Bertz CT molecular complexity index is 1520. The van der Waals surface area contributed by atoms with E-state index in [1.165, 1.54) is 0 Å². The Labute approximate surface area is 196 Å². The number of hydrogen-bond donors (Lipinski definition) is 2. The predicted molar refractivity (Wildman–Crippen MR) is 132 cm³/mol. The normalized spacial score (nSPS) is 12.0. The van der Waals surface area contributed by atoms with Crippen LogP contribution in [-0.2, 0) is 6.54 Å². The monoisotopic (exact) mass is 449 g/mol. The molecule has 0 spiro atoms. The molecule has 5 aromatic rings. The molecule has 2 N–H and O–H groups in total. The second-order valence-corrected chi connectivity index (χ2v) is 8.34. The van der Waals surface area contributed by atoms with Crippen LogP contribution < -0.4 is 5.32 Å². The van der Waals surface area contributed by atoms with Crippen molar-refractivity contribution in [3.8, 4) is 0 Å². The van der Waals surface area contributed by atoms with E-state index in [1.54, 1.807) is 30.5 Å². The molecular formula is C28H23N3O3. The molecule has 0 unspecified atom stereocenters. The molecule has 0 radical (unpaired) electrons. The molecule has 0 aliphatic carbocycles. The van der Waals surface area contributed by atoms with Gasteiger partial charge in [-0.1, -0.05) is 42.5 Å². The van der Waals surface area contributed by atoms with Crippen molar-refractivity contribution in [3.05, 3.63) is 114 Å². The predicted octanol–water partition coefficient (Wildman–Crippen LogP) is 5.43. The van der Waals surface area contributed by atoms with E-state index in [1.807, 2.05) is 49.5 Å². The van der Waals surface area contributed by atoms with Crippen LogP contribution in [0.5, 0.6) is 0 Å². The van der Waals surface area contributed by atoms with Gasteiger partial charge in [-0.2, -0.15) is 0 Å². The number of pyridine rings is 1. The highest BCUT2D eigenvalue weighted by molar-refractivity contribution is 6.06. The first-order valence-corrected chi connectivity index (χ1v) is 11.1. The number of nitrogens with zero attached hydrogens (tertiary/aromatic N) is 2. The van der Waals surface area contributed by atoms with Gasteiger partial charge in [-0.15, -0.1) is 0 Å². The number of benzene rings is 3. The fraction of sp³-hybridized carbons (Fsp3) is 0.107. The van der Waals surface area contributed by atoms with Gasteiger partial charge in [0, 0.05) is 29.7 Å². The summed E-state index contributed by atoms with van der Waals surface area (Å²) in [6, 6.07) is 24.2. The van der Waals surface area contributed by atoms with Crippen LogP contribution in [0.3, 0.4) is 0 Å². The number of para-hydroxylation sites is 1. The minimum Gasteiger partial charge on any atom is -0.478 e. The van der Waals surface area contributed by atoms with Crippen molar-refractivity contribution in [1.82, 2.24) is 14.9 Å². The average Bonchev–Trinajstić information content (AvgIpc) is 3.26. The minimum atomic E-state index is -0.974. The molecule has 3 aromatic carbocycles. The van der Waals surface area contributed by atoms with Gasteiger partial charge in [0.05, 0.1) is 28.2 Å². The van der Waals surface area contributed by atoms with Gasteiger partial charge in [0.1, 0.15) is 0 Å². The maximum Gasteiger partial charge on any atom is 0.335 e.